The molecule has 1 aliphatic heterocycles. The van der Waals surface area contributed by atoms with Gasteiger partial charge in [-0.1, -0.05) is 0 Å². The molecule has 110 valence electrons. The minimum Gasteiger partial charge on any atom is -0.480 e. The van der Waals surface area contributed by atoms with Crippen molar-refractivity contribution in [2.75, 3.05) is 46.5 Å². The van der Waals surface area contributed by atoms with Gasteiger partial charge < -0.3 is 24.7 Å². The van der Waals surface area contributed by atoms with Crippen LogP contribution in [0.15, 0.2) is 0 Å². The van der Waals surface area contributed by atoms with Crippen molar-refractivity contribution in [1.29, 1.82) is 0 Å². The molecule has 0 saturated carbocycles. The average Bonchev–Trinajstić information content (AvgIpc) is 2.42. The summed E-state index contributed by atoms with van der Waals surface area (Å²) in [4.78, 5) is 25.9. The number of aliphatic hydroxyl groups excluding tert-OH is 1. The minimum atomic E-state index is -1.04. The van der Waals surface area contributed by atoms with Crippen LogP contribution in [-0.4, -0.2) is 78.5 Å². The molecule has 0 radical (unpaired) electrons. The second-order valence-electron chi connectivity index (χ2n) is 4.73. The number of hydrogen-bond donors (Lipinski definition) is 2. The third kappa shape index (κ3) is 5.04. The fraction of sp³-hybridized carbons (Fsp3) is 0.833. The fourth-order valence-corrected chi connectivity index (χ4v) is 2.19. The lowest BCUT2D eigenvalue weighted by atomic mass is 9.99. The van der Waals surface area contributed by atoms with Gasteiger partial charge in [0.25, 0.3) is 0 Å². The third-order valence-corrected chi connectivity index (χ3v) is 3.21. The maximum absolute atomic E-state index is 12.3. The summed E-state index contributed by atoms with van der Waals surface area (Å²) in [7, 11) is 1.51. The van der Waals surface area contributed by atoms with Crippen molar-refractivity contribution < 1.29 is 24.5 Å². The molecule has 0 aromatic heterocycles. The molecular formula is C12H22N2O5. The number of rotatable bonds is 6. The van der Waals surface area contributed by atoms with Crippen LogP contribution in [0.2, 0.25) is 0 Å². The van der Waals surface area contributed by atoms with Crippen molar-refractivity contribution in [2.24, 2.45) is 5.92 Å². The van der Waals surface area contributed by atoms with Crippen LogP contribution in [0.5, 0.6) is 0 Å². The van der Waals surface area contributed by atoms with Crippen LogP contribution in [0.4, 0.5) is 4.79 Å². The molecule has 0 spiro atoms. The summed E-state index contributed by atoms with van der Waals surface area (Å²) in [6.07, 6.45) is 1.74. The number of carboxylic acid groups (broad SMARTS) is 1. The van der Waals surface area contributed by atoms with Crippen molar-refractivity contribution in [2.45, 2.75) is 12.8 Å². The summed E-state index contributed by atoms with van der Waals surface area (Å²) >= 11 is 0. The van der Waals surface area contributed by atoms with Gasteiger partial charge in [0.2, 0.25) is 0 Å². The van der Waals surface area contributed by atoms with E-state index < -0.39 is 5.97 Å². The summed E-state index contributed by atoms with van der Waals surface area (Å²) < 4.78 is 4.89. The molecule has 7 heteroatoms. The second-order valence-corrected chi connectivity index (χ2v) is 4.73. The Kier molecular flexibility index (Phi) is 6.58. The highest BCUT2D eigenvalue weighted by Gasteiger charge is 2.27. The van der Waals surface area contributed by atoms with Crippen molar-refractivity contribution >= 4 is 12.0 Å². The maximum atomic E-state index is 12.3. The number of carboxylic acids is 1. The Morgan fingerprint density at radius 3 is 2.79 bits per heavy atom. The molecule has 2 amide bonds. The molecule has 1 fully saturated rings. The summed E-state index contributed by atoms with van der Waals surface area (Å²) in [6, 6.07) is -0.294. The molecule has 2 N–H and O–H groups in total. The van der Waals surface area contributed by atoms with E-state index in [-0.39, 0.29) is 31.6 Å². The Labute approximate surface area is 112 Å². The van der Waals surface area contributed by atoms with Crippen LogP contribution in [0.25, 0.3) is 0 Å². The Bertz CT molecular complexity index is 310. The monoisotopic (exact) mass is 274 g/mol. The normalized spacial score (nSPS) is 19.3. The summed E-state index contributed by atoms with van der Waals surface area (Å²) in [5.74, 6) is -0.952. The molecule has 7 nitrogen and oxygen atoms in total. The van der Waals surface area contributed by atoms with E-state index in [4.69, 9.17) is 14.9 Å². The molecule has 0 aliphatic carbocycles. The Morgan fingerprint density at radius 1 is 1.47 bits per heavy atom. The van der Waals surface area contributed by atoms with Crippen LogP contribution < -0.4 is 0 Å². The Morgan fingerprint density at radius 2 is 2.21 bits per heavy atom. The molecule has 1 rings (SSSR count). The standard InChI is InChI=1S/C12H22N2O5/c1-19-6-5-14(8-11(16)17)12(18)13-4-2-3-10(7-13)9-15/h10,15H,2-9H2,1H3,(H,16,17). The zero-order chi connectivity index (χ0) is 14.3. The van der Waals surface area contributed by atoms with Crippen molar-refractivity contribution in [3.05, 3.63) is 0 Å². The number of aliphatic carboxylic acids is 1. The number of carbonyl (C=O) groups excluding carboxylic acids is 1. The van der Waals surface area contributed by atoms with E-state index in [2.05, 4.69) is 0 Å². The minimum absolute atomic E-state index is 0.0563. The van der Waals surface area contributed by atoms with Gasteiger partial charge >= 0.3 is 12.0 Å². The van der Waals surface area contributed by atoms with Crippen molar-refractivity contribution in [1.82, 2.24) is 9.80 Å². The first-order chi connectivity index (χ1) is 9.08. The number of carbonyl (C=O) groups is 2. The zero-order valence-corrected chi connectivity index (χ0v) is 11.2. The number of urea groups is 1. The smallest absolute Gasteiger partial charge is 0.323 e. The summed E-state index contributed by atoms with van der Waals surface area (Å²) in [5, 5.41) is 18.0. The van der Waals surface area contributed by atoms with E-state index in [9.17, 15) is 9.59 Å². The largest absolute Gasteiger partial charge is 0.480 e. The van der Waals surface area contributed by atoms with Crippen molar-refractivity contribution in [3.63, 3.8) is 0 Å². The fourth-order valence-electron chi connectivity index (χ4n) is 2.19. The van der Waals surface area contributed by atoms with E-state index in [1.165, 1.54) is 12.0 Å². The summed E-state index contributed by atoms with van der Waals surface area (Å²) in [5.41, 5.74) is 0. The first kappa shape index (κ1) is 15.7. The van der Waals surface area contributed by atoms with E-state index >= 15 is 0 Å². The molecule has 19 heavy (non-hydrogen) atoms. The second kappa shape index (κ2) is 7.96. The maximum Gasteiger partial charge on any atom is 0.323 e. The van der Waals surface area contributed by atoms with Gasteiger partial charge in [0.05, 0.1) is 6.61 Å². The topological polar surface area (TPSA) is 90.3 Å². The predicted molar refractivity (Wildman–Crippen MR) is 67.9 cm³/mol. The summed E-state index contributed by atoms with van der Waals surface area (Å²) in [6.45, 7) is 1.37. The number of nitrogens with zero attached hydrogens (tertiary/aromatic N) is 2. The molecule has 1 heterocycles. The van der Waals surface area contributed by atoms with E-state index in [1.807, 2.05) is 0 Å². The highest BCUT2D eigenvalue weighted by molar-refractivity contribution is 5.80. The van der Waals surface area contributed by atoms with Crippen LogP contribution in [0, 0.1) is 5.92 Å². The lowest BCUT2D eigenvalue weighted by Gasteiger charge is -2.35. The molecule has 0 aromatic carbocycles. The van der Waals surface area contributed by atoms with E-state index in [0.717, 1.165) is 12.8 Å². The van der Waals surface area contributed by atoms with Gasteiger partial charge in [-0.15, -0.1) is 0 Å². The van der Waals surface area contributed by atoms with Crippen molar-refractivity contribution in [3.8, 4) is 0 Å². The molecule has 1 atom stereocenters. The highest BCUT2D eigenvalue weighted by atomic mass is 16.5. The third-order valence-electron chi connectivity index (χ3n) is 3.21. The lowest BCUT2D eigenvalue weighted by molar-refractivity contribution is -0.137. The molecule has 1 aliphatic rings. The number of ether oxygens (including phenoxy) is 1. The van der Waals surface area contributed by atoms with Crippen LogP contribution in [0.1, 0.15) is 12.8 Å². The number of likely N-dealkylation sites (tertiary alicyclic amines) is 1. The lowest BCUT2D eigenvalue weighted by Crippen LogP contribution is -2.50. The molecule has 0 aromatic rings. The number of amides is 2. The quantitative estimate of drug-likeness (QED) is 0.702. The predicted octanol–water partition coefficient (Wildman–Crippen LogP) is -0.156. The van der Waals surface area contributed by atoms with Gasteiger partial charge in [-0.3, -0.25) is 4.79 Å². The average molecular weight is 274 g/mol. The Hall–Kier alpha value is -1.34. The van der Waals surface area contributed by atoms with E-state index in [0.29, 0.717) is 19.7 Å². The van der Waals surface area contributed by atoms with Gasteiger partial charge in [-0.2, -0.15) is 0 Å². The number of methoxy groups -OCH3 is 1. The van der Waals surface area contributed by atoms with Crippen LogP contribution in [-0.2, 0) is 9.53 Å². The van der Waals surface area contributed by atoms with Gasteiger partial charge in [0.15, 0.2) is 0 Å². The molecule has 0 bridgehead atoms. The SMILES string of the molecule is COCCN(CC(=O)O)C(=O)N1CCCC(CO)C1. The molecule has 1 saturated heterocycles. The van der Waals surface area contributed by atoms with Crippen LogP contribution >= 0.6 is 0 Å². The highest BCUT2D eigenvalue weighted by Crippen LogP contribution is 2.17. The van der Waals surface area contributed by atoms with Gasteiger partial charge in [-0.05, 0) is 18.8 Å². The van der Waals surface area contributed by atoms with Gasteiger partial charge in [-0.25, -0.2) is 4.79 Å². The molecular weight excluding hydrogens is 252 g/mol. The Balaban J connectivity index is 2.60. The van der Waals surface area contributed by atoms with E-state index in [1.54, 1.807) is 4.90 Å². The number of piperidine rings is 1. The van der Waals surface area contributed by atoms with Gasteiger partial charge in [0.1, 0.15) is 6.54 Å². The van der Waals surface area contributed by atoms with Gasteiger partial charge in [0, 0.05) is 33.4 Å². The van der Waals surface area contributed by atoms with Crippen LogP contribution in [0.3, 0.4) is 0 Å². The first-order valence-electron chi connectivity index (χ1n) is 6.44. The first-order valence-corrected chi connectivity index (χ1v) is 6.44. The molecule has 1 unspecified atom stereocenters. The number of hydrogen-bond acceptors (Lipinski definition) is 4. The number of aliphatic hydroxyl groups is 1. The zero-order valence-electron chi connectivity index (χ0n) is 11.2.